The standard InChI is InChI=1S/C18H23N3O.HI/c19-18(20-12-11-16-7-3-1-4-8-16)21-13-14-22-15-17-9-5-2-6-10-17;/h1-10H,11-15H2,(H3,19,20,21);1H. The molecular weight excluding hydrogens is 401 g/mol. The van der Waals surface area contributed by atoms with E-state index in [2.05, 4.69) is 22.4 Å². The SMILES string of the molecule is I.NC(=NCCOCc1ccccc1)NCCc1ccccc1. The Morgan fingerprint density at radius 1 is 0.957 bits per heavy atom. The summed E-state index contributed by atoms with van der Waals surface area (Å²) >= 11 is 0. The molecule has 2 rings (SSSR count). The van der Waals surface area contributed by atoms with Crippen molar-refractivity contribution in [2.24, 2.45) is 10.7 Å². The molecule has 23 heavy (non-hydrogen) atoms. The first kappa shape index (κ1) is 19.4. The first-order valence-electron chi connectivity index (χ1n) is 7.54. The number of nitrogens with zero attached hydrogens (tertiary/aromatic N) is 1. The van der Waals surface area contributed by atoms with Crippen LogP contribution in [0.5, 0.6) is 0 Å². The molecule has 0 aliphatic carbocycles. The molecule has 0 aliphatic heterocycles. The normalized spacial score (nSPS) is 10.9. The molecule has 0 saturated heterocycles. The van der Waals surface area contributed by atoms with Crippen molar-refractivity contribution in [2.75, 3.05) is 19.7 Å². The molecule has 124 valence electrons. The molecule has 0 radical (unpaired) electrons. The zero-order chi connectivity index (χ0) is 15.5. The molecule has 0 saturated carbocycles. The van der Waals surface area contributed by atoms with Gasteiger partial charge in [-0.05, 0) is 17.5 Å². The maximum atomic E-state index is 5.81. The first-order chi connectivity index (χ1) is 10.8. The monoisotopic (exact) mass is 425 g/mol. The molecule has 0 heterocycles. The van der Waals surface area contributed by atoms with Crippen LogP contribution in [0.15, 0.2) is 65.7 Å². The number of ether oxygens (including phenoxy) is 1. The summed E-state index contributed by atoms with van der Waals surface area (Å²) in [5, 5.41) is 3.11. The van der Waals surface area contributed by atoms with Crippen LogP contribution >= 0.6 is 24.0 Å². The minimum absolute atomic E-state index is 0. The Morgan fingerprint density at radius 3 is 2.22 bits per heavy atom. The quantitative estimate of drug-likeness (QED) is 0.296. The average Bonchev–Trinajstić information content (AvgIpc) is 2.56. The molecule has 3 N–H and O–H groups in total. The lowest BCUT2D eigenvalue weighted by Crippen LogP contribution is -2.33. The Kier molecular flexibility index (Phi) is 10.1. The van der Waals surface area contributed by atoms with Crippen molar-refractivity contribution in [1.29, 1.82) is 0 Å². The summed E-state index contributed by atoms with van der Waals surface area (Å²) in [5.74, 6) is 0.472. The van der Waals surface area contributed by atoms with Gasteiger partial charge in [0.2, 0.25) is 0 Å². The maximum Gasteiger partial charge on any atom is 0.188 e. The van der Waals surface area contributed by atoms with Crippen molar-refractivity contribution in [3.63, 3.8) is 0 Å². The van der Waals surface area contributed by atoms with Gasteiger partial charge in [0.25, 0.3) is 0 Å². The van der Waals surface area contributed by atoms with Crippen molar-refractivity contribution >= 4 is 29.9 Å². The predicted molar refractivity (Wildman–Crippen MR) is 106 cm³/mol. The van der Waals surface area contributed by atoms with Gasteiger partial charge in [0.15, 0.2) is 5.96 Å². The number of benzene rings is 2. The maximum absolute atomic E-state index is 5.81. The first-order valence-corrected chi connectivity index (χ1v) is 7.54. The second-order valence-corrected chi connectivity index (χ2v) is 4.97. The summed E-state index contributed by atoms with van der Waals surface area (Å²) in [4.78, 5) is 4.24. The molecule has 0 bridgehead atoms. The highest BCUT2D eigenvalue weighted by molar-refractivity contribution is 14.0. The van der Waals surface area contributed by atoms with Gasteiger partial charge in [-0.15, -0.1) is 24.0 Å². The van der Waals surface area contributed by atoms with E-state index in [-0.39, 0.29) is 24.0 Å². The van der Waals surface area contributed by atoms with Crippen LogP contribution in [0.25, 0.3) is 0 Å². The highest BCUT2D eigenvalue weighted by Crippen LogP contribution is 2.00. The molecule has 5 heteroatoms. The fraction of sp³-hybridized carbons (Fsp3) is 0.278. The number of guanidine groups is 1. The molecule has 0 atom stereocenters. The van der Waals surface area contributed by atoms with Crippen molar-refractivity contribution in [1.82, 2.24) is 5.32 Å². The molecule has 2 aromatic carbocycles. The van der Waals surface area contributed by atoms with E-state index >= 15 is 0 Å². The third-order valence-corrected chi connectivity index (χ3v) is 3.19. The molecule has 0 aliphatic rings. The molecule has 0 unspecified atom stereocenters. The van der Waals surface area contributed by atoms with Gasteiger partial charge in [0.05, 0.1) is 19.8 Å². The van der Waals surface area contributed by atoms with Gasteiger partial charge in [-0.3, -0.25) is 4.99 Å². The van der Waals surface area contributed by atoms with E-state index in [1.807, 2.05) is 48.5 Å². The summed E-state index contributed by atoms with van der Waals surface area (Å²) in [6.45, 7) is 2.52. The van der Waals surface area contributed by atoms with E-state index in [1.165, 1.54) is 11.1 Å². The van der Waals surface area contributed by atoms with Crippen molar-refractivity contribution in [2.45, 2.75) is 13.0 Å². The van der Waals surface area contributed by atoms with E-state index in [9.17, 15) is 0 Å². The van der Waals surface area contributed by atoms with Gasteiger partial charge in [-0.2, -0.15) is 0 Å². The summed E-state index contributed by atoms with van der Waals surface area (Å²) in [7, 11) is 0. The summed E-state index contributed by atoms with van der Waals surface area (Å²) in [6, 6.07) is 20.4. The Labute approximate surface area is 155 Å². The summed E-state index contributed by atoms with van der Waals surface area (Å²) in [6.07, 6.45) is 0.932. The zero-order valence-electron chi connectivity index (χ0n) is 13.2. The van der Waals surface area contributed by atoms with E-state index in [1.54, 1.807) is 0 Å². The van der Waals surface area contributed by atoms with Crippen LogP contribution in [0.4, 0.5) is 0 Å². The Bertz CT molecular complexity index is 561. The lowest BCUT2D eigenvalue weighted by atomic mass is 10.1. The lowest BCUT2D eigenvalue weighted by molar-refractivity contribution is 0.128. The fourth-order valence-corrected chi connectivity index (χ4v) is 2.03. The smallest absolute Gasteiger partial charge is 0.188 e. The van der Waals surface area contributed by atoms with Crippen LogP contribution in [0.2, 0.25) is 0 Å². The minimum atomic E-state index is 0. The largest absolute Gasteiger partial charge is 0.375 e. The van der Waals surface area contributed by atoms with Crippen LogP contribution in [-0.4, -0.2) is 25.7 Å². The number of nitrogens with one attached hydrogen (secondary N) is 1. The molecule has 0 fully saturated rings. The van der Waals surface area contributed by atoms with Gasteiger partial charge in [0.1, 0.15) is 0 Å². The van der Waals surface area contributed by atoms with E-state index < -0.39 is 0 Å². The number of rotatable bonds is 8. The number of hydrogen-bond acceptors (Lipinski definition) is 2. The molecule has 0 amide bonds. The van der Waals surface area contributed by atoms with Crippen LogP contribution in [-0.2, 0) is 17.8 Å². The number of nitrogens with two attached hydrogens (primary N) is 1. The Hall–Kier alpha value is -1.60. The lowest BCUT2D eigenvalue weighted by Gasteiger charge is -2.06. The highest BCUT2D eigenvalue weighted by atomic mass is 127. The van der Waals surface area contributed by atoms with Crippen molar-refractivity contribution in [3.8, 4) is 0 Å². The van der Waals surface area contributed by atoms with Gasteiger partial charge >= 0.3 is 0 Å². The van der Waals surface area contributed by atoms with Gasteiger partial charge in [-0.1, -0.05) is 60.7 Å². The molecule has 4 nitrogen and oxygen atoms in total. The van der Waals surface area contributed by atoms with E-state index in [4.69, 9.17) is 10.5 Å². The predicted octanol–water partition coefficient (Wildman–Crippen LogP) is 2.97. The average molecular weight is 425 g/mol. The van der Waals surface area contributed by atoms with Crippen molar-refractivity contribution in [3.05, 3.63) is 71.8 Å². The van der Waals surface area contributed by atoms with Gasteiger partial charge in [-0.25, -0.2) is 0 Å². The van der Waals surface area contributed by atoms with Gasteiger partial charge < -0.3 is 15.8 Å². The topological polar surface area (TPSA) is 59.6 Å². The highest BCUT2D eigenvalue weighted by Gasteiger charge is 1.94. The van der Waals surface area contributed by atoms with Crippen LogP contribution < -0.4 is 11.1 Å². The molecule has 0 spiro atoms. The van der Waals surface area contributed by atoms with E-state index in [0.717, 1.165) is 13.0 Å². The molecule has 2 aromatic rings. The van der Waals surface area contributed by atoms with Crippen LogP contribution in [0, 0.1) is 0 Å². The molecular formula is C18H24IN3O. The van der Waals surface area contributed by atoms with Crippen molar-refractivity contribution < 1.29 is 4.74 Å². The summed E-state index contributed by atoms with van der Waals surface area (Å²) in [5.41, 5.74) is 8.27. The third-order valence-electron chi connectivity index (χ3n) is 3.19. The van der Waals surface area contributed by atoms with E-state index in [0.29, 0.717) is 25.7 Å². The number of halogens is 1. The Morgan fingerprint density at radius 2 is 1.57 bits per heavy atom. The second-order valence-electron chi connectivity index (χ2n) is 4.97. The Balaban J connectivity index is 0.00000264. The fourth-order valence-electron chi connectivity index (χ4n) is 2.03. The van der Waals surface area contributed by atoms with Crippen LogP contribution in [0.3, 0.4) is 0 Å². The second kappa shape index (κ2) is 11.9. The molecule has 0 aromatic heterocycles. The minimum Gasteiger partial charge on any atom is -0.375 e. The third kappa shape index (κ3) is 8.56. The summed E-state index contributed by atoms with van der Waals surface area (Å²) < 4.78 is 5.55. The zero-order valence-corrected chi connectivity index (χ0v) is 15.5. The number of hydrogen-bond donors (Lipinski definition) is 2. The number of aliphatic imine (C=N–C) groups is 1. The van der Waals surface area contributed by atoms with Crippen LogP contribution in [0.1, 0.15) is 11.1 Å². The van der Waals surface area contributed by atoms with Gasteiger partial charge in [0, 0.05) is 6.54 Å².